The Morgan fingerprint density at radius 1 is 1.31 bits per heavy atom. The molecule has 0 saturated carbocycles. The van der Waals surface area contributed by atoms with Gasteiger partial charge in [0.2, 0.25) is 0 Å². The topological polar surface area (TPSA) is 76.4 Å². The highest BCUT2D eigenvalue weighted by Gasteiger charge is 2.21. The van der Waals surface area contributed by atoms with Crippen molar-refractivity contribution in [3.8, 4) is 0 Å². The van der Waals surface area contributed by atoms with E-state index in [9.17, 15) is 4.79 Å². The number of hydrogen-bond acceptors (Lipinski definition) is 7. The summed E-state index contributed by atoms with van der Waals surface area (Å²) >= 11 is 7.75. The van der Waals surface area contributed by atoms with Crippen LogP contribution in [0, 0.1) is 0 Å². The van der Waals surface area contributed by atoms with Crippen molar-refractivity contribution in [1.82, 2.24) is 24.6 Å². The Labute approximate surface area is 183 Å². The van der Waals surface area contributed by atoms with Crippen LogP contribution in [0.5, 0.6) is 0 Å². The van der Waals surface area contributed by atoms with Crippen LogP contribution in [0.1, 0.15) is 6.42 Å². The van der Waals surface area contributed by atoms with Crippen molar-refractivity contribution in [2.45, 2.75) is 13.0 Å². The van der Waals surface area contributed by atoms with Crippen LogP contribution in [-0.2, 0) is 16.1 Å². The summed E-state index contributed by atoms with van der Waals surface area (Å²) in [5.41, 5.74) is 0.732. The van der Waals surface area contributed by atoms with Gasteiger partial charge in [0.1, 0.15) is 24.7 Å². The highest BCUT2D eigenvalue weighted by Crippen LogP contribution is 2.33. The maximum Gasteiger partial charge on any atom is 0.250 e. The molecule has 0 aliphatic carbocycles. The molecule has 0 spiro atoms. The normalized spacial score (nSPS) is 14.7. The molecule has 156 valence electrons. The zero-order valence-corrected chi connectivity index (χ0v) is 18.1. The van der Waals surface area contributed by atoms with Crippen molar-refractivity contribution in [2.24, 2.45) is 0 Å². The van der Waals surface area contributed by atoms with E-state index < -0.39 is 0 Å². The molecule has 0 N–H and O–H groups in total. The van der Waals surface area contributed by atoms with Gasteiger partial charge in [0.05, 0.1) is 22.9 Å². The minimum atomic E-state index is -0.0670. The van der Waals surface area contributed by atoms with Gasteiger partial charge < -0.3 is 4.74 Å². The molecule has 1 fully saturated rings. The summed E-state index contributed by atoms with van der Waals surface area (Å²) in [7, 11) is 0. The molecule has 1 aromatic carbocycles. The summed E-state index contributed by atoms with van der Waals surface area (Å²) in [5, 5.41) is 5.30. The average Bonchev–Trinajstić information content (AvgIpc) is 3.36. The van der Waals surface area contributed by atoms with Crippen LogP contribution in [0.25, 0.3) is 10.2 Å². The van der Waals surface area contributed by atoms with E-state index in [1.54, 1.807) is 11.2 Å². The van der Waals surface area contributed by atoms with Gasteiger partial charge in [-0.05, 0) is 18.6 Å². The molecule has 1 amide bonds. The third-order valence-electron chi connectivity index (χ3n) is 4.61. The number of fused-ring (bicyclic) bond motifs is 1. The molecule has 2 aromatic heterocycles. The third kappa shape index (κ3) is 5.43. The van der Waals surface area contributed by atoms with Crippen LogP contribution in [0.2, 0.25) is 5.02 Å². The van der Waals surface area contributed by atoms with E-state index in [4.69, 9.17) is 16.3 Å². The lowest BCUT2D eigenvalue weighted by Gasteiger charge is -2.27. The Morgan fingerprint density at radius 3 is 2.86 bits per heavy atom. The van der Waals surface area contributed by atoms with E-state index in [2.05, 4.69) is 20.0 Å². The number of thiazole rings is 1. The van der Waals surface area contributed by atoms with Gasteiger partial charge in [-0.3, -0.25) is 14.6 Å². The lowest BCUT2D eigenvalue weighted by Crippen LogP contribution is -2.40. The van der Waals surface area contributed by atoms with Gasteiger partial charge in [-0.2, -0.15) is 5.10 Å². The van der Waals surface area contributed by atoms with Crippen LogP contribution >= 0.6 is 35.3 Å². The van der Waals surface area contributed by atoms with Gasteiger partial charge >= 0.3 is 0 Å². The Balaban J connectivity index is 0.00000240. The Hall–Kier alpha value is -1.78. The van der Waals surface area contributed by atoms with Crippen molar-refractivity contribution < 1.29 is 9.53 Å². The fourth-order valence-corrected chi connectivity index (χ4v) is 4.47. The fraction of sp³-hybridized carbons (Fsp3) is 0.444. The summed E-state index contributed by atoms with van der Waals surface area (Å²) < 4.78 is 7.89. The average molecular weight is 457 g/mol. The van der Waals surface area contributed by atoms with E-state index >= 15 is 0 Å². The first-order valence-electron chi connectivity index (χ1n) is 9.18. The summed E-state index contributed by atoms with van der Waals surface area (Å²) in [5.74, 6) is -0.0670. The standard InChI is InChI=1S/C18H21ClN6O2S.ClH/c19-14-3-1-4-15-17(14)22-18(28-15)25(16(26)11-24-13-20-12-21-24)6-2-5-23-7-9-27-10-8-23;/h1,3-4,12-13H,2,5-11H2;1H. The monoisotopic (exact) mass is 456 g/mol. The smallest absolute Gasteiger partial charge is 0.250 e. The molecule has 0 radical (unpaired) electrons. The van der Waals surface area contributed by atoms with Crippen LogP contribution < -0.4 is 4.90 Å². The largest absolute Gasteiger partial charge is 0.379 e. The van der Waals surface area contributed by atoms with Gasteiger partial charge in [-0.15, -0.1) is 12.4 Å². The van der Waals surface area contributed by atoms with Crippen molar-refractivity contribution in [2.75, 3.05) is 44.3 Å². The highest BCUT2D eigenvalue weighted by atomic mass is 35.5. The number of nitrogens with zero attached hydrogens (tertiary/aromatic N) is 6. The molecule has 1 aliphatic heterocycles. The van der Waals surface area contributed by atoms with Crippen LogP contribution in [0.3, 0.4) is 0 Å². The first-order chi connectivity index (χ1) is 13.7. The van der Waals surface area contributed by atoms with Gasteiger partial charge in [-0.25, -0.2) is 14.6 Å². The van der Waals surface area contributed by atoms with Crippen molar-refractivity contribution in [1.29, 1.82) is 0 Å². The number of halogens is 2. The zero-order chi connectivity index (χ0) is 19.3. The molecule has 0 bridgehead atoms. The second-order valence-electron chi connectivity index (χ2n) is 6.53. The molecule has 0 unspecified atom stereocenters. The van der Waals surface area contributed by atoms with E-state index in [-0.39, 0.29) is 24.9 Å². The SMILES string of the molecule is Cl.O=C(Cn1cncn1)N(CCCN1CCOCC1)c1nc2c(Cl)cccc2s1. The molecule has 11 heteroatoms. The number of para-hydroxylation sites is 1. The van der Waals surface area contributed by atoms with Gasteiger partial charge in [0.25, 0.3) is 5.91 Å². The molecule has 1 saturated heterocycles. The number of carbonyl (C=O) groups is 1. The number of anilines is 1. The minimum Gasteiger partial charge on any atom is -0.379 e. The number of hydrogen-bond donors (Lipinski definition) is 0. The second kappa shape index (κ2) is 10.3. The summed E-state index contributed by atoms with van der Waals surface area (Å²) in [6, 6.07) is 5.68. The first-order valence-corrected chi connectivity index (χ1v) is 10.4. The second-order valence-corrected chi connectivity index (χ2v) is 7.95. The van der Waals surface area contributed by atoms with Gasteiger partial charge in [-0.1, -0.05) is 29.0 Å². The summed E-state index contributed by atoms with van der Waals surface area (Å²) in [6.45, 7) is 5.04. The molecular formula is C18H22Cl2N6O2S. The van der Waals surface area contributed by atoms with E-state index in [0.717, 1.165) is 49.5 Å². The number of ether oxygens (including phenoxy) is 1. The number of carbonyl (C=O) groups excluding carboxylic acids is 1. The summed E-state index contributed by atoms with van der Waals surface area (Å²) in [4.78, 5) is 25.6. The maximum atomic E-state index is 13.0. The minimum absolute atomic E-state index is 0. The van der Waals surface area contributed by atoms with Crippen molar-refractivity contribution >= 4 is 56.6 Å². The van der Waals surface area contributed by atoms with Crippen molar-refractivity contribution in [3.05, 3.63) is 35.9 Å². The summed E-state index contributed by atoms with van der Waals surface area (Å²) in [6.07, 6.45) is 3.82. The van der Waals surface area contributed by atoms with Crippen LogP contribution in [0.4, 0.5) is 5.13 Å². The Kier molecular flexibility index (Phi) is 7.79. The third-order valence-corrected chi connectivity index (χ3v) is 5.96. The highest BCUT2D eigenvalue weighted by molar-refractivity contribution is 7.22. The van der Waals surface area contributed by atoms with Gasteiger partial charge in [0, 0.05) is 26.2 Å². The molecule has 4 rings (SSSR count). The fourth-order valence-electron chi connectivity index (χ4n) is 3.16. The predicted molar refractivity (Wildman–Crippen MR) is 116 cm³/mol. The molecular weight excluding hydrogens is 435 g/mol. The Morgan fingerprint density at radius 2 is 2.14 bits per heavy atom. The number of amides is 1. The lowest BCUT2D eigenvalue weighted by molar-refractivity contribution is -0.119. The quantitative estimate of drug-likeness (QED) is 0.543. The van der Waals surface area contributed by atoms with Gasteiger partial charge in [0.15, 0.2) is 5.13 Å². The van der Waals surface area contributed by atoms with Crippen molar-refractivity contribution in [3.63, 3.8) is 0 Å². The number of aromatic nitrogens is 4. The van der Waals surface area contributed by atoms with E-state index in [1.165, 1.54) is 22.3 Å². The number of benzene rings is 1. The van der Waals surface area contributed by atoms with Crippen LogP contribution in [-0.4, -0.2) is 69.9 Å². The molecule has 29 heavy (non-hydrogen) atoms. The lowest BCUT2D eigenvalue weighted by atomic mass is 10.3. The molecule has 3 heterocycles. The zero-order valence-electron chi connectivity index (χ0n) is 15.7. The van der Waals surface area contributed by atoms with E-state index in [1.807, 2.05) is 18.2 Å². The number of rotatable bonds is 7. The molecule has 3 aromatic rings. The first kappa shape index (κ1) is 21.9. The Bertz CT molecular complexity index is 930. The molecule has 1 aliphatic rings. The molecule has 0 atom stereocenters. The van der Waals surface area contributed by atoms with Crippen LogP contribution in [0.15, 0.2) is 30.9 Å². The predicted octanol–water partition coefficient (Wildman–Crippen LogP) is 2.72. The van der Waals surface area contributed by atoms with E-state index in [0.29, 0.717) is 16.7 Å². The maximum absolute atomic E-state index is 13.0. The number of morpholine rings is 1. The molecule has 8 nitrogen and oxygen atoms in total.